The number of likely N-dealkylation sites (tertiary alicyclic amines) is 1. The Hall–Kier alpha value is -2.90. The molecular formula is C19H19ClN4O3. The van der Waals surface area contributed by atoms with Crippen LogP contribution < -0.4 is 10.8 Å². The van der Waals surface area contributed by atoms with Crippen molar-refractivity contribution in [3.05, 3.63) is 64.8 Å². The summed E-state index contributed by atoms with van der Waals surface area (Å²) in [4.78, 5) is 29.6. The van der Waals surface area contributed by atoms with Gasteiger partial charge >= 0.3 is 0 Å². The highest BCUT2D eigenvalue weighted by atomic mass is 35.5. The molecule has 0 aliphatic carbocycles. The molecule has 0 saturated carbocycles. The van der Waals surface area contributed by atoms with Crippen LogP contribution in [0, 0.1) is 0 Å². The first-order valence-corrected chi connectivity index (χ1v) is 8.82. The number of hydrogen-bond acceptors (Lipinski definition) is 5. The van der Waals surface area contributed by atoms with Crippen molar-refractivity contribution < 1.29 is 14.8 Å². The van der Waals surface area contributed by atoms with Gasteiger partial charge in [-0.3, -0.25) is 14.8 Å². The average molecular weight is 387 g/mol. The molecule has 2 heterocycles. The summed E-state index contributed by atoms with van der Waals surface area (Å²) in [7, 11) is 0. The number of benzene rings is 1. The van der Waals surface area contributed by atoms with Gasteiger partial charge in [0.1, 0.15) is 5.82 Å². The van der Waals surface area contributed by atoms with Crippen molar-refractivity contribution in [2.75, 3.05) is 18.4 Å². The lowest BCUT2D eigenvalue weighted by Gasteiger charge is -2.17. The number of aromatic nitrogens is 1. The fraction of sp³-hybridized carbons (Fsp3) is 0.211. The quantitative estimate of drug-likeness (QED) is 0.417. The van der Waals surface area contributed by atoms with E-state index in [1.54, 1.807) is 42.6 Å². The highest BCUT2D eigenvalue weighted by Gasteiger charge is 2.27. The number of carbonyl (C=O) groups is 2. The third-order valence-corrected chi connectivity index (χ3v) is 4.49. The first kappa shape index (κ1) is 18.9. The minimum absolute atomic E-state index is 0.00780. The predicted molar refractivity (Wildman–Crippen MR) is 103 cm³/mol. The van der Waals surface area contributed by atoms with E-state index in [2.05, 4.69) is 10.3 Å². The van der Waals surface area contributed by atoms with E-state index in [0.717, 1.165) is 12.0 Å². The number of pyridine rings is 1. The van der Waals surface area contributed by atoms with Gasteiger partial charge in [-0.2, -0.15) is 0 Å². The molecule has 2 aromatic rings. The molecule has 0 bridgehead atoms. The van der Waals surface area contributed by atoms with Crippen LogP contribution in [0.4, 0.5) is 5.82 Å². The Morgan fingerprint density at radius 2 is 2.00 bits per heavy atom. The third-order valence-electron chi connectivity index (χ3n) is 4.24. The largest absolute Gasteiger partial charge is 0.365 e. The van der Waals surface area contributed by atoms with E-state index in [9.17, 15) is 9.59 Å². The van der Waals surface area contributed by atoms with Crippen LogP contribution >= 0.6 is 11.6 Å². The maximum atomic E-state index is 12.5. The number of hydrogen-bond donors (Lipinski definition) is 3. The van der Waals surface area contributed by atoms with Gasteiger partial charge in [-0.1, -0.05) is 11.6 Å². The lowest BCUT2D eigenvalue weighted by atomic mass is 10.2. The molecule has 0 spiro atoms. The smallest absolute Gasteiger partial charge is 0.267 e. The number of rotatable bonds is 5. The number of hydroxylamine groups is 1. The monoisotopic (exact) mass is 386 g/mol. The predicted octanol–water partition coefficient (Wildman–Crippen LogP) is 2.58. The topological polar surface area (TPSA) is 94.6 Å². The summed E-state index contributed by atoms with van der Waals surface area (Å²) in [5, 5.41) is 12.4. The number of halogens is 1. The van der Waals surface area contributed by atoms with Crippen LogP contribution in [-0.2, 0) is 4.79 Å². The van der Waals surface area contributed by atoms with Gasteiger partial charge in [0.05, 0.1) is 0 Å². The van der Waals surface area contributed by atoms with Gasteiger partial charge in [0.25, 0.3) is 11.8 Å². The zero-order valence-corrected chi connectivity index (χ0v) is 15.2. The lowest BCUT2D eigenvalue weighted by molar-refractivity contribution is -0.124. The van der Waals surface area contributed by atoms with E-state index < -0.39 is 5.91 Å². The maximum Gasteiger partial charge on any atom is 0.267 e. The third kappa shape index (κ3) is 5.06. The number of anilines is 1. The van der Waals surface area contributed by atoms with Crippen molar-refractivity contribution >= 4 is 35.3 Å². The number of nitrogens with one attached hydrogen (secondary N) is 2. The minimum Gasteiger partial charge on any atom is -0.365 e. The molecule has 1 aliphatic rings. The Balaban J connectivity index is 1.55. The second kappa shape index (κ2) is 8.66. The fourth-order valence-corrected chi connectivity index (χ4v) is 2.97. The Labute approximate surface area is 161 Å². The van der Waals surface area contributed by atoms with Gasteiger partial charge in [-0.15, -0.1) is 0 Å². The van der Waals surface area contributed by atoms with Crippen LogP contribution in [0.15, 0.2) is 48.7 Å². The van der Waals surface area contributed by atoms with E-state index in [-0.39, 0.29) is 11.9 Å². The Morgan fingerprint density at radius 1 is 1.22 bits per heavy atom. The molecule has 8 heteroatoms. The van der Waals surface area contributed by atoms with Crippen LogP contribution in [0.1, 0.15) is 22.3 Å². The molecule has 1 aromatic heterocycles. The van der Waals surface area contributed by atoms with E-state index in [0.29, 0.717) is 29.5 Å². The van der Waals surface area contributed by atoms with Crippen molar-refractivity contribution in [3.8, 4) is 0 Å². The summed E-state index contributed by atoms with van der Waals surface area (Å²) < 4.78 is 0. The molecule has 140 valence electrons. The first-order chi connectivity index (χ1) is 13.0. The zero-order chi connectivity index (χ0) is 19.2. The van der Waals surface area contributed by atoms with Crippen LogP contribution in [0.25, 0.3) is 6.08 Å². The highest BCUT2D eigenvalue weighted by molar-refractivity contribution is 6.30. The van der Waals surface area contributed by atoms with Gasteiger partial charge in [0.15, 0.2) is 0 Å². The van der Waals surface area contributed by atoms with Crippen molar-refractivity contribution in [1.82, 2.24) is 15.4 Å². The Bertz CT molecular complexity index is 837. The molecule has 0 radical (unpaired) electrons. The minimum atomic E-state index is -0.603. The molecule has 3 rings (SSSR count). The molecule has 1 fully saturated rings. The summed E-state index contributed by atoms with van der Waals surface area (Å²) in [6, 6.07) is 10.6. The lowest BCUT2D eigenvalue weighted by Crippen LogP contribution is -2.31. The van der Waals surface area contributed by atoms with Gasteiger partial charge in [-0.05, 0) is 54.5 Å². The molecule has 2 amide bonds. The van der Waals surface area contributed by atoms with Crippen LogP contribution in [0.2, 0.25) is 5.02 Å². The van der Waals surface area contributed by atoms with E-state index in [1.165, 1.54) is 11.6 Å². The zero-order valence-electron chi connectivity index (χ0n) is 14.4. The molecule has 0 unspecified atom stereocenters. The summed E-state index contributed by atoms with van der Waals surface area (Å²) in [5.41, 5.74) is 2.88. The molecular weight excluding hydrogens is 368 g/mol. The van der Waals surface area contributed by atoms with Gasteiger partial charge in [0, 0.05) is 42.0 Å². The van der Waals surface area contributed by atoms with Crippen LogP contribution in [0.5, 0.6) is 0 Å². The Morgan fingerprint density at radius 3 is 2.67 bits per heavy atom. The van der Waals surface area contributed by atoms with E-state index >= 15 is 0 Å². The van der Waals surface area contributed by atoms with Crippen LogP contribution in [0.3, 0.4) is 0 Å². The molecule has 3 N–H and O–H groups in total. The second-order valence-corrected chi connectivity index (χ2v) is 6.61. The molecule has 1 aliphatic heterocycles. The standard InChI is InChI=1S/C19H19ClN4O3/c20-15-5-3-14(4-6-15)19(26)24-10-9-16(12-24)22-17-7-1-13(11-21-17)2-8-18(25)23-27/h1-8,11,16,27H,9-10,12H2,(H,21,22)(H,23,25)/t16-/m1/s1. The van der Waals surface area contributed by atoms with Crippen molar-refractivity contribution in [2.24, 2.45) is 0 Å². The maximum absolute atomic E-state index is 12.5. The second-order valence-electron chi connectivity index (χ2n) is 6.17. The molecule has 1 saturated heterocycles. The number of carbonyl (C=O) groups excluding carboxylic acids is 2. The molecule has 1 aromatic carbocycles. The number of amides is 2. The number of nitrogens with zero attached hydrogens (tertiary/aromatic N) is 2. The van der Waals surface area contributed by atoms with Crippen molar-refractivity contribution in [3.63, 3.8) is 0 Å². The molecule has 27 heavy (non-hydrogen) atoms. The van der Waals surface area contributed by atoms with Crippen LogP contribution in [-0.4, -0.2) is 46.0 Å². The Kier molecular flexibility index (Phi) is 6.05. The fourth-order valence-electron chi connectivity index (χ4n) is 2.85. The molecule has 1 atom stereocenters. The normalized spacial score (nSPS) is 16.5. The van der Waals surface area contributed by atoms with Crippen molar-refractivity contribution in [2.45, 2.75) is 12.5 Å². The first-order valence-electron chi connectivity index (χ1n) is 8.45. The van der Waals surface area contributed by atoms with Gasteiger partial charge < -0.3 is 10.2 Å². The van der Waals surface area contributed by atoms with E-state index in [4.69, 9.17) is 16.8 Å². The SMILES string of the molecule is O=C(C=Cc1ccc(N[C@@H]2CCN(C(=O)c3ccc(Cl)cc3)C2)nc1)NO. The van der Waals surface area contributed by atoms with Gasteiger partial charge in [-0.25, -0.2) is 10.5 Å². The summed E-state index contributed by atoms with van der Waals surface area (Å²) >= 11 is 5.87. The van der Waals surface area contributed by atoms with Crippen molar-refractivity contribution in [1.29, 1.82) is 0 Å². The molecule has 7 nitrogen and oxygen atoms in total. The summed E-state index contributed by atoms with van der Waals surface area (Å²) in [5.74, 6) is 0.0877. The average Bonchev–Trinajstić information content (AvgIpc) is 3.15. The summed E-state index contributed by atoms with van der Waals surface area (Å²) in [6.07, 6.45) is 5.21. The highest BCUT2D eigenvalue weighted by Crippen LogP contribution is 2.18. The summed E-state index contributed by atoms with van der Waals surface area (Å²) in [6.45, 7) is 1.28. The van der Waals surface area contributed by atoms with Gasteiger partial charge in [0.2, 0.25) is 0 Å². The van der Waals surface area contributed by atoms with E-state index in [1.807, 2.05) is 11.0 Å².